The number of hydrogen-bond donors (Lipinski definition) is 1. The SMILES string of the molecule is COc1cc(NC(=O)C=Cc2ccc(-n3ccnc3)cc2)ccc1N1CCCC1=O. The molecule has 0 unspecified atom stereocenters. The van der Waals surface area contributed by atoms with E-state index in [1.54, 1.807) is 48.8 Å². The van der Waals surface area contributed by atoms with Crippen LogP contribution < -0.4 is 15.0 Å². The lowest BCUT2D eigenvalue weighted by Gasteiger charge is -2.19. The molecular weight excluding hydrogens is 380 g/mol. The Morgan fingerprint density at radius 2 is 2.03 bits per heavy atom. The Balaban J connectivity index is 1.41. The molecule has 1 N–H and O–H groups in total. The monoisotopic (exact) mass is 402 g/mol. The molecule has 0 bridgehead atoms. The lowest BCUT2D eigenvalue weighted by Crippen LogP contribution is -2.24. The number of carbonyl (C=O) groups excluding carboxylic acids is 2. The van der Waals surface area contributed by atoms with Gasteiger partial charge in [0.05, 0.1) is 19.1 Å². The Kier molecular flexibility index (Phi) is 5.61. The molecule has 7 nitrogen and oxygen atoms in total. The molecule has 0 aliphatic carbocycles. The molecule has 2 amide bonds. The summed E-state index contributed by atoms with van der Waals surface area (Å²) in [6.45, 7) is 0.684. The van der Waals surface area contributed by atoms with Crippen LogP contribution in [0.15, 0.2) is 67.3 Å². The van der Waals surface area contributed by atoms with Crippen molar-refractivity contribution in [3.63, 3.8) is 0 Å². The molecule has 2 aromatic carbocycles. The van der Waals surface area contributed by atoms with Gasteiger partial charge >= 0.3 is 0 Å². The average molecular weight is 402 g/mol. The number of anilines is 2. The number of nitrogens with zero attached hydrogens (tertiary/aromatic N) is 3. The Labute approximate surface area is 174 Å². The fourth-order valence-corrected chi connectivity index (χ4v) is 3.41. The summed E-state index contributed by atoms with van der Waals surface area (Å²) < 4.78 is 7.34. The van der Waals surface area contributed by atoms with E-state index in [0.29, 0.717) is 24.4 Å². The van der Waals surface area contributed by atoms with Crippen molar-refractivity contribution in [1.82, 2.24) is 9.55 Å². The van der Waals surface area contributed by atoms with Gasteiger partial charge in [-0.2, -0.15) is 0 Å². The summed E-state index contributed by atoms with van der Waals surface area (Å²) in [6, 6.07) is 13.1. The van der Waals surface area contributed by atoms with E-state index in [2.05, 4.69) is 10.3 Å². The van der Waals surface area contributed by atoms with E-state index < -0.39 is 0 Å². The lowest BCUT2D eigenvalue weighted by atomic mass is 10.2. The number of carbonyl (C=O) groups is 2. The molecule has 0 spiro atoms. The topological polar surface area (TPSA) is 76.5 Å². The number of hydrogen-bond acceptors (Lipinski definition) is 4. The predicted octanol–water partition coefficient (Wildman–Crippen LogP) is 3.66. The Morgan fingerprint density at radius 1 is 1.20 bits per heavy atom. The Bertz CT molecular complexity index is 1070. The van der Waals surface area contributed by atoms with Gasteiger partial charge in [-0.05, 0) is 42.3 Å². The summed E-state index contributed by atoms with van der Waals surface area (Å²) in [7, 11) is 1.55. The van der Waals surface area contributed by atoms with Crippen molar-refractivity contribution in [3.05, 3.63) is 72.8 Å². The van der Waals surface area contributed by atoms with E-state index >= 15 is 0 Å². The molecule has 152 valence electrons. The molecule has 1 aromatic heterocycles. The van der Waals surface area contributed by atoms with E-state index in [1.807, 2.05) is 35.0 Å². The molecule has 0 radical (unpaired) electrons. The van der Waals surface area contributed by atoms with Gasteiger partial charge in [0.25, 0.3) is 0 Å². The molecule has 1 fully saturated rings. The van der Waals surface area contributed by atoms with Gasteiger partial charge in [0.1, 0.15) is 5.75 Å². The second-order valence-electron chi connectivity index (χ2n) is 6.92. The van der Waals surface area contributed by atoms with Gasteiger partial charge in [0, 0.05) is 48.9 Å². The first kappa shape index (κ1) is 19.4. The van der Waals surface area contributed by atoms with E-state index in [4.69, 9.17) is 4.74 Å². The number of methoxy groups -OCH3 is 1. The summed E-state index contributed by atoms with van der Waals surface area (Å²) in [5, 5.41) is 2.83. The third-order valence-electron chi connectivity index (χ3n) is 4.93. The number of imidazole rings is 1. The Hall–Kier alpha value is -3.87. The molecule has 3 aromatic rings. The van der Waals surface area contributed by atoms with Gasteiger partial charge in [0.2, 0.25) is 11.8 Å². The van der Waals surface area contributed by atoms with E-state index in [-0.39, 0.29) is 11.8 Å². The molecule has 7 heteroatoms. The number of ether oxygens (including phenoxy) is 1. The number of nitrogens with one attached hydrogen (secondary N) is 1. The van der Waals surface area contributed by atoms with Gasteiger partial charge in [-0.3, -0.25) is 9.59 Å². The van der Waals surface area contributed by atoms with Crippen molar-refractivity contribution in [2.24, 2.45) is 0 Å². The predicted molar refractivity (Wildman–Crippen MR) is 116 cm³/mol. The zero-order valence-electron chi connectivity index (χ0n) is 16.6. The minimum Gasteiger partial charge on any atom is -0.494 e. The highest BCUT2D eigenvalue weighted by atomic mass is 16.5. The van der Waals surface area contributed by atoms with Crippen LogP contribution in [0.1, 0.15) is 18.4 Å². The quantitative estimate of drug-likeness (QED) is 0.639. The van der Waals surface area contributed by atoms with Crippen molar-refractivity contribution < 1.29 is 14.3 Å². The first-order valence-corrected chi connectivity index (χ1v) is 9.70. The summed E-state index contributed by atoms with van der Waals surface area (Å²) in [4.78, 5) is 30.1. The van der Waals surface area contributed by atoms with Gasteiger partial charge in [-0.1, -0.05) is 12.1 Å². The van der Waals surface area contributed by atoms with E-state index in [9.17, 15) is 9.59 Å². The first-order valence-electron chi connectivity index (χ1n) is 9.70. The van der Waals surface area contributed by atoms with Crippen LogP contribution in [0, 0.1) is 0 Å². The summed E-state index contributed by atoms with van der Waals surface area (Å²) >= 11 is 0. The summed E-state index contributed by atoms with van der Waals surface area (Å²) in [5.74, 6) is 0.398. The van der Waals surface area contributed by atoms with Crippen molar-refractivity contribution in [1.29, 1.82) is 0 Å². The van der Waals surface area contributed by atoms with Crippen LogP contribution >= 0.6 is 0 Å². The minimum absolute atomic E-state index is 0.0899. The third-order valence-corrected chi connectivity index (χ3v) is 4.93. The number of benzene rings is 2. The fourth-order valence-electron chi connectivity index (χ4n) is 3.41. The number of rotatable bonds is 6. The van der Waals surface area contributed by atoms with Crippen LogP contribution in [-0.2, 0) is 9.59 Å². The number of aromatic nitrogens is 2. The highest BCUT2D eigenvalue weighted by Gasteiger charge is 2.24. The normalized spacial score (nSPS) is 13.8. The third kappa shape index (κ3) is 4.25. The van der Waals surface area contributed by atoms with E-state index in [1.165, 1.54) is 6.08 Å². The Morgan fingerprint density at radius 3 is 2.70 bits per heavy atom. The standard InChI is InChI=1S/C23H22N4O3/c1-30-21-15-18(7-10-20(21)27-13-2-3-23(27)29)25-22(28)11-6-17-4-8-19(9-5-17)26-14-12-24-16-26/h4-12,14-16H,2-3,13H2,1H3,(H,25,28). The van der Waals surface area contributed by atoms with Crippen molar-refractivity contribution >= 4 is 29.3 Å². The molecular formula is C23H22N4O3. The zero-order valence-corrected chi connectivity index (χ0v) is 16.6. The molecule has 1 aliphatic rings. The summed E-state index contributed by atoms with van der Waals surface area (Å²) in [6.07, 6.45) is 9.96. The van der Waals surface area contributed by atoms with Gasteiger partial charge in [0.15, 0.2) is 0 Å². The molecule has 0 saturated carbocycles. The smallest absolute Gasteiger partial charge is 0.248 e. The summed E-state index contributed by atoms with van der Waals surface area (Å²) in [5.41, 5.74) is 3.24. The highest BCUT2D eigenvalue weighted by Crippen LogP contribution is 2.33. The van der Waals surface area contributed by atoms with Crippen molar-refractivity contribution in [2.75, 3.05) is 23.9 Å². The largest absolute Gasteiger partial charge is 0.494 e. The maximum Gasteiger partial charge on any atom is 0.248 e. The first-order chi connectivity index (χ1) is 14.6. The van der Waals surface area contributed by atoms with Crippen molar-refractivity contribution in [3.8, 4) is 11.4 Å². The molecule has 2 heterocycles. The van der Waals surface area contributed by atoms with Crippen LogP contribution in [0.2, 0.25) is 0 Å². The minimum atomic E-state index is -0.249. The highest BCUT2D eigenvalue weighted by molar-refractivity contribution is 6.02. The number of amides is 2. The zero-order chi connectivity index (χ0) is 20.9. The van der Waals surface area contributed by atoms with E-state index in [0.717, 1.165) is 23.4 Å². The van der Waals surface area contributed by atoms with Crippen LogP contribution in [0.5, 0.6) is 5.75 Å². The van der Waals surface area contributed by atoms with Crippen LogP contribution in [0.4, 0.5) is 11.4 Å². The molecule has 1 aliphatic heterocycles. The van der Waals surface area contributed by atoms with Crippen LogP contribution in [-0.4, -0.2) is 35.0 Å². The van der Waals surface area contributed by atoms with Gasteiger partial charge < -0.3 is 19.5 Å². The fraction of sp³-hybridized carbons (Fsp3) is 0.174. The molecule has 30 heavy (non-hydrogen) atoms. The lowest BCUT2D eigenvalue weighted by molar-refractivity contribution is -0.117. The maximum absolute atomic E-state index is 12.3. The molecule has 4 rings (SSSR count). The molecule has 1 saturated heterocycles. The van der Waals surface area contributed by atoms with Crippen LogP contribution in [0.3, 0.4) is 0 Å². The second-order valence-corrected chi connectivity index (χ2v) is 6.92. The maximum atomic E-state index is 12.3. The van der Waals surface area contributed by atoms with Gasteiger partial charge in [-0.15, -0.1) is 0 Å². The van der Waals surface area contributed by atoms with Gasteiger partial charge in [-0.25, -0.2) is 4.98 Å². The second kappa shape index (κ2) is 8.65. The van der Waals surface area contributed by atoms with Crippen molar-refractivity contribution in [2.45, 2.75) is 12.8 Å². The average Bonchev–Trinajstić information content (AvgIpc) is 3.45. The molecule has 0 atom stereocenters. The van der Waals surface area contributed by atoms with Crippen LogP contribution in [0.25, 0.3) is 11.8 Å².